The second-order valence-electron chi connectivity index (χ2n) is 3.72. The summed E-state index contributed by atoms with van der Waals surface area (Å²) in [6.07, 6.45) is 2.10. The van der Waals surface area contributed by atoms with Gasteiger partial charge >= 0.3 is 0 Å². The predicted octanol–water partition coefficient (Wildman–Crippen LogP) is -0.830. The molecule has 5 heteroatoms. The lowest BCUT2D eigenvalue weighted by Crippen LogP contribution is -2.45. The van der Waals surface area contributed by atoms with Gasteiger partial charge in [0.15, 0.2) is 0 Å². The number of nitrogens with one attached hydrogen (secondary N) is 2. The standard InChI is InChI=1S/C9H14N2O3/c12-8-5-7(9(13)11-8)10-6-1-3-14-4-2-6/h6-7,10H,1-5H2,(H,11,12,13)/t7-/m1/s1. The van der Waals surface area contributed by atoms with Gasteiger partial charge in [0.05, 0.1) is 12.5 Å². The van der Waals surface area contributed by atoms with Gasteiger partial charge in [-0.1, -0.05) is 0 Å². The van der Waals surface area contributed by atoms with Crippen LogP contribution in [0.4, 0.5) is 0 Å². The van der Waals surface area contributed by atoms with Crippen molar-refractivity contribution in [1.82, 2.24) is 10.6 Å². The van der Waals surface area contributed by atoms with Gasteiger partial charge in [0.25, 0.3) is 0 Å². The van der Waals surface area contributed by atoms with Crippen LogP contribution in [0.15, 0.2) is 0 Å². The molecule has 2 rings (SSSR count). The van der Waals surface area contributed by atoms with Gasteiger partial charge in [0, 0.05) is 19.3 Å². The fourth-order valence-corrected chi connectivity index (χ4v) is 1.84. The molecule has 2 aliphatic heterocycles. The van der Waals surface area contributed by atoms with Crippen molar-refractivity contribution >= 4 is 11.8 Å². The third kappa shape index (κ3) is 2.10. The molecule has 0 aromatic carbocycles. The number of carbonyl (C=O) groups excluding carboxylic acids is 2. The summed E-state index contributed by atoms with van der Waals surface area (Å²) in [4.78, 5) is 22.1. The minimum absolute atomic E-state index is 0.181. The predicted molar refractivity (Wildman–Crippen MR) is 48.5 cm³/mol. The van der Waals surface area contributed by atoms with E-state index in [1.54, 1.807) is 0 Å². The highest BCUT2D eigenvalue weighted by Crippen LogP contribution is 2.10. The molecule has 1 atom stereocenters. The second-order valence-corrected chi connectivity index (χ2v) is 3.72. The molecule has 0 aromatic heterocycles. The van der Waals surface area contributed by atoms with Gasteiger partial charge in [-0.05, 0) is 12.8 Å². The number of amides is 2. The van der Waals surface area contributed by atoms with E-state index in [2.05, 4.69) is 10.6 Å². The normalized spacial score (nSPS) is 29.3. The van der Waals surface area contributed by atoms with Crippen molar-refractivity contribution in [2.45, 2.75) is 31.3 Å². The van der Waals surface area contributed by atoms with Crippen LogP contribution in [0.2, 0.25) is 0 Å². The van der Waals surface area contributed by atoms with Crippen LogP contribution in [0.3, 0.4) is 0 Å². The summed E-state index contributed by atoms with van der Waals surface area (Å²) in [7, 11) is 0. The summed E-state index contributed by atoms with van der Waals surface area (Å²) < 4.78 is 5.20. The van der Waals surface area contributed by atoms with E-state index in [1.165, 1.54) is 0 Å². The van der Waals surface area contributed by atoms with E-state index in [0.717, 1.165) is 26.1 Å². The number of ether oxygens (including phenoxy) is 1. The fourth-order valence-electron chi connectivity index (χ4n) is 1.84. The Labute approximate surface area is 82.2 Å². The monoisotopic (exact) mass is 198 g/mol. The van der Waals surface area contributed by atoms with Crippen molar-refractivity contribution < 1.29 is 14.3 Å². The summed E-state index contributed by atoms with van der Waals surface area (Å²) in [6.45, 7) is 1.47. The van der Waals surface area contributed by atoms with Crippen molar-refractivity contribution in [3.63, 3.8) is 0 Å². The molecular weight excluding hydrogens is 184 g/mol. The highest BCUT2D eigenvalue weighted by molar-refractivity contribution is 6.05. The maximum Gasteiger partial charge on any atom is 0.244 e. The first-order valence-electron chi connectivity index (χ1n) is 4.93. The molecular formula is C9H14N2O3. The molecule has 2 amide bonds. The first kappa shape index (κ1) is 9.61. The Morgan fingerprint density at radius 2 is 2.00 bits per heavy atom. The van der Waals surface area contributed by atoms with Crippen LogP contribution in [0.5, 0.6) is 0 Å². The largest absolute Gasteiger partial charge is 0.381 e. The van der Waals surface area contributed by atoms with E-state index in [1.807, 2.05) is 0 Å². The van der Waals surface area contributed by atoms with E-state index in [9.17, 15) is 9.59 Å². The first-order valence-corrected chi connectivity index (χ1v) is 4.93. The molecule has 0 aromatic rings. The number of carbonyl (C=O) groups is 2. The van der Waals surface area contributed by atoms with E-state index >= 15 is 0 Å². The molecule has 2 N–H and O–H groups in total. The zero-order valence-corrected chi connectivity index (χ0v) is 7.91. The van der Waals surface area contributed by atoms with Crippen LogP contribution in [0.1, 0.15) is 19.3 Å². The van der Waals surface area contributed by atoms with Crippen LogP contribution in [-0.2, 0) is 14.3 Å². The maximum atomic E-state index is 11.2. The Bertz CT molecular complexity index is 248. The molecule has 2 aliphatic rings. The molecule has 2 heterocycles. The molecule has 0 spiro atoms. The lowest BCUT2D eigenvalue weighted by atomic mass is 10.1. The van der Waals surface area contributed by atoms with Crippen LogP contribution in [0.25, 0.3) is 0 Å². The molecule has 5 nitrogen and oxygen atoms in total. The summed E-state index contributed by atoms with van der Waals surface area (Å²) in [6, 6.07) is -0.0176. The van der Waals surface area contributed by atoms with E-state index in [4.69, 9.17) is 4.74 Å². The van der Waals surface area contributed by atoms with Crippen LogP contribution in [0, 0.1) is 0 Å². The van der Waals surface area contributed by atoms with E-state index in [0.29, 0.717) is 6.04 Å². The van der Waals surface area contributed by atoms with Gasteiger partial charge in [-0.3, -0.25) is 14.9 Å². The quantitative estimate of drug-likeness (QED) is 0.568. The third-order valence-electron chi connectivity index (χ3n) is 2.63. The Morgan fingerprint density at radius 3 is 2.57 bits per heavy atom. The number of hydrogen-bond acceptors (Lipinski definition) is 4. The van der Waals surface area contributed by atoms with Gasteiger partial charge in [0.1, 0.15) is 0 Å². The fraction of sp³-hybridized carbons (Fsp3) is 0.778. The SMILES string of the molecule is O=C1C[C@@H](NC2CCOCC2)C(=O)N1. The van der Waals surface area contributed by atoms with Crippen molar-refractivity contribution in [2.24, 2.45) is 0 Å². The smallest absolute Gasteiger partial charge is 0.244 e. The molecule has 0 bridgehead atoms. The average molecular weight is 198 g/mol. The lowest BCUT2D eigenvalue weighted by molar-refractivity contribution is -0.125. The average Bonchev–Trinajstić information content (AvgIpc) is 2.47. The van der Waals surface area contributed by atoms with Gasteiger partial charge < -0.3 is 10.1 Å². The van der Waals surface area contributed by atoms with Crippen molar-refractivity contribution in [1.29, 1.82) is 0 Å². The van der Waals surface area contributed by atoms with Crippen molar-refractivity contribution in [3.05, 3.63) is 0 Å². The summed E-state index contributed by atoms with van der Waals surface area (Å²) in [5.41, 5.74) is 0. The first-order chi connectivity index (χ1) is 6.75. The minimum Gasteiger partial charge on any atom is -0.381 e. The van der Waals surface area contributed by atoms with Crippen LogP contribution >= 0.6 is 0 Å². The van der Waals surface area contributed by atoms with Crippen molar-refractivity contribution in [3.8, 4) is 0 Å². The molecule has 2 saturated heterocycles. The van der Waals surface area contributed by atoms with Crippen LogP contribution < -0.4 is 10.6 Å². The van der Waals surface area contributed by atoms with Gasteiger partial charge in [-0.2, -0.15) is 0 Å². The highest BCUT2D eigenvalue weighted by Gasteiger charge is 2.32. The maximum absolute atomic E-state index is 11.2. The third-order valence-corrected chi connectivity index (χ3v) is 2.63. The molecule has 2 fully saturated rings. The number of imide groups is 1. The summed E-state index contributed by atoms with van der Waals surface area (Å²) in [5, 5.41) is 5.47. The summed E-state index contributed by atoms with van der Waals surface area (Å²) >= 11 is 0. The Hall–Kier alpha value is -0.940. The van der Waals surface area contributed by atoms with Crippen molar-refractivity contribution in [2.75, 3.05) is 13.2 Å². The molecule has 0 aliphatic carbocycles. The van der Waals surface area contributed by atoms with Gasteiger partial charge in [0.2, 0.25) is 11.8 Å². The topological polar surface area (TPSA) is 67.4 Å². The molecule has 78 valence electrons. The molecule has 0 radical (unpaired) electrons. The number of rotatable bonds is 2. The summed E-state index contributed by atoms with van der Waals surface area (Å²) in [5.74, 6) is -0.374. The molecule has 0 saturated carbocycles. The van der Waals surface area contributed by atoms with Gasteiger partial charge in [-0.25, -0.2) is 0 Å². The van der Waals surface area contributed by atoms with E-state index in [-0.39, 0.29) is 24.3 Å². The van der Waals surface area contributed by atoms with Crippen LogP contribution in [-0.4, -0.2) is 37.1 Å². The van der Waals surface area contributed by atoms with Gasteiger partial charge in [-0.15, -0.1) is 0 Å². The Kier molecular flexibility index (Phi) is 2.79. The number of hydrogen-bond donors (Lipinski definition) is 2. The zero-order valence-electron chi connectivity index (χ0n) is 7.91. The molecule has 0 unspecified atom stereocenters. The minimum atomic E-state index is -0.328. The zero-order chi connectivity index (χ0) is 9.97. The highest BCUT2D eigenvalue weighted by atomic mass is 16.5. The second kappa shape index (κ2) is 4.06. The Morgan fingerprint density at radius 1 is 1.29 bits per heavy atom. The Balaban J connectivity index is 1.84. The van der Waals surface area contributed by atoms with E-state index < -0.39 is 0 Å². The molecule has 14 heavy (non-hydrogen) atoms. The lowest BCUT2D eigenvalue weighted by Gasteiger charge is -2.25.